The number of nitrogens with zero attached hydrogens (tertiary/aromatic N) is 1. The summed E-state index contributed by atoms with van der Waals surface area (Å²) in [6.07, 6.45) is 2.53. The second-order valence-electron chi connectivity index (χ2n) is 6.16. The molecule has 2 atom stereocenters. The molecule has 22 heavy (non-hydrogen) atoms. The van der Waals surface area contributed by atoms with Gasteiger partial charge in [-0.3, -0.25) is 9.59 Å². The SMILES string of the molecule is CC(C)N1CC[C@H](CNC(=O)[C@@H](C)NC(=O)c2ccco2)C1. The highest BCUT2D eigenvalue weighted by Crippen LogP contribution is 2.17. The number of amides is 2. The standard InChI is InChI=1S/C16H25N3O3/c1-11(2)19-7-6-13(10-19)9-17-15(20)12(3)18-16(21)14-5-4-8-22-14/h4-5,8,11-13H,6-7,9-10H2,1-3H3,(H,17,20)(H,18,21)/t12-,13-/m1/s1. The fourth-order valence-electron chi connectivity index (χ4n) is 2.64. The molecule has 2 N–H and O–H groups in total. The van der Waals surface area contributed by atoms with Crippen molar-refractivity contribution in [3.63, 3.8) is 0 Å². The summed E-state index contributed by atoms with van der Waals surface area (Å²) < 4.78 is 5.00. The molecule has 0 spiro atoms. The molecule has 2 amide bonds. The Morgan fingerprint density at radius 2 is 2.18 bits per heavy atom. The maximum absolute atomic E-state index is 12.1. The molecule has 0 radical (unpaired) electrons. The van der Waals surface area contributed by atoms with Crippen molar-refractivity contribution in [1.82, 2.24) is 15.5 Å². The number of likely N-dealkylation sites (tertiary alicyclic amines) is 1. The van der Waals surface area contributed by atoms with Crippen LogP contribution < -0.4 is 10.6 Å². The largest absolute Gasteiger partial charge is 0.459 e. The van der Waals surface area contributed by atoms with Crippen molar-refractivity contribution in [3.05, 3.63) is 24.2 Å². The van der Waals surface area contributed by atoms with Crippen LogP contribution in [0.3, 0.4) is 0 Å². The normalized spacial score (nSPS) is 20.1. The minimum absolute atomic E-state index is 0.164. The van der Waals surface area contributed by atoms with Crippen LogP contribution in [0.5, 0.6) is 0 Å². The Balaban J connectivity index is 1.72. The van der Waals surface area contributed by atoms with Crippen molar-refractivity contribution in [2.75, 3.05) is 19.6 Å². The third-order valence-electron chi connectivity index (χ3n) is 4.10. The number of rotatable bonds is 6. The molecule has 6 nitrogen and oxygen atoms in total. The molecule has 122 valence electrons. The Morgan fingerprint density at radius 1 is 1.41 bits per heavy atom. The molecule has 2 heterocycles. The number of nitrogens with one attached hydrogen (secondary N) is 2. The number of hydrogen-bond acceptors (Lipinski definition) is 4. The molecular weight excluding hydrogens is 282 g/mol. The van der Waals surface area contributed by atoms with Gasteiger partial charge in [-0.15, -0.1) is 0 Å². The summed E-state index contributed by atoms with van der Waals surface area (Å²) in [6, 6.07) is 3.17. The summed E-state index contributed by atoms with van der Waals surface area (Å²) in [4.78, 5) is 26.3. The molecule has 1 aromatic heterocycles. The minimum Gasteiger partial charge on any atom is -0.459 e. The lowest BCUT2D eigenvalue weighted by Crippen LogP contribution is -2.46. The van der Waals surface area contributed by atoms with Gasteiger partial charge in [0.05, 0.1) is 6.26 Å². The second kappa shape index (κ2) is 7.45. The highest BCUT2D eigenvalue weighted by atomic mass is 16.3. The van der Waals surface area contributed by atoms with Crippen LogP contribution in [0.1, 0.15) is 37.7 Å². The Hall–Kier alpha value is -1.82. The van der Waals surface area contributed by atoms with Crippen LogP contribution in [-0.2, 0) is 4.79 Å². The Morgan fingerprint density at radius 3 is 2.77 bits per heavy atom. The molecule has 6 heteroatoms. The van der Waals surface area contributed by atoms with Gasteiger partial charge in [-0.25, -0.2) is 0 Å². The van der Waals surface area contributed by atoms with E-state index in [2.05, 4.69) is 29.4 Å². The van der Waals surface area contributed by atoms with E-state index in [1.54, 1.807) is 19.1 Å². The zero-order valence-electron chi connectivity index (χ0n) is 13.5. The summed E-state index contributed by atoms with van der Waals surface area (Å²) in [6.45, 7) is 8.81. The molecule has 0 aliphatic carbocycles. The number of hydrogen-bond donors (Lipinski definition) is 2. The molecule has 0 saturated carbocycles. The van der Waals surface area contributed by atoms with Gasteiger partial charge in [-0.2, -0.15) is 0 Å². The average molecular weight is 307 g/mol. The molecule has 0 unspecified atom stereocenters. The van der Waals surface area contributed by atoms with E-state index in [-0.39, 0.29) is 17.6 Å². The second-order valence-corrected chi connectivity index (χ2v) is 6.16. The minimum atomic E-state index is -0.583. The van der Waals surface area contributed by atoms with Gasteiger partial charge in [0.2, 0.25) is 5.91 Å². The van der Waals surface area contributed by atoms with Gasteiger partial charge in [0.1, 0.15) is 6.04 Å². The van der Waals surface area contributed by atoms with Crippen LogP contribution in [0.15, 0.2) is 22.8 Å². The lowest BCUT2D eigenvalue weighted by Gasteiger charge is -2.20. The first kappa shape index (κ1) is 16.5. The quantitative estimate of drug-likeness (QED) is 0.829. The van der Waals surface area contributed by atoms with Gasteiger partial charge in [-0.05, 0) is 51.8 Å². The topological polar surface area (TPSA) is 74.6 Å². The summed E-state index contributed by atoms with van der Waals surface area (Å²) >= 11 is 0. The highest BCUT2D eigenvalue weighted by molar-refractivity contribution is 5.95. The molecule has 1 aliphatic rings. The number of furan rings is 1. The van der Waals surface area contributed by atoms with E-state index < -0.39 is 6.04 Å². The zero-order valence-corrected chi connectivity index (χ0v) is 13.5. The van der Waals surface area contributed by atoms with Crippen LogP contribution in [-0.4, -0.2) is 48.4 Å². The molecule has 0 bridgehead atoms. The lowest BCUT2D eigenvalue weighted by atomic mass is 10.1. The van der Waals surface area contributed by atoms with Crippen molar-refractivity contribution in [1.29, 1.82) is 0 Å². The Bertz CT molecular complexity index is 499. The first-order chi connectivity index (χ1) is 10.5. The van der Waals surface area contributed by atoms with Gasteiger partial charge in [0, 0.05) is 19.1 Å². The molecule has 1 aromatic rings. The maximum Gasteiger partial charge on any atom is 0.287 e. The molecule has 1 saturated heterocycles. The van der Waals surface area contributed by atoms with Gasteiger partial charge in [-0.1, -0.05) is 0 Å². The van der Waals surface area contributed by atoms with Crippen LogP contribution in [0.25, 0.3) is 0 Å². The Kier molecular flexibility index (Phi) is 5.60. The predicted octanol–water partition coefficient (Wildman–Crippen LogP) is 1.24. The van der Waals surface area contributed by atoms with Gasteiger partial charge in [0.25, 0.3) is 5.91 Å². The van der Waals surface area contributed by atoms with Crippen molar-refractivity contribution in [2.24, 2.45) is 5.92 Å². The van der Waals surface area contributed by atoms with Crippen molar-refractivity contribution < 1.29 is 14.0 Å². The fraction of sp³-hybridized carbons (Fsp3) is 0.625. The molecule has 1 aliphatic heterocycles. The number of carbonyl (C=O) groups is 2. The van der Waals surface area contributed by atoms with Crippen molar-refractivity contribution >= 4 is 11.8 Å². The predicted molar refractivity (Wildman–Crippen MR) is 83.5 cm³/mol. The first-order valence-corrected chi connectivity index (χ1v) is 7.83. The van der Waals surface area contributed by atoms with Crippen LogP contribution in [0.4, 0.5) is 0 Å². The lowest BCUT2D eigenvalue weighted by molar-refractivity contribution is -0.122. The van der Waals surface area contributed by atoms with E-state index in [0.717, 1.165) is 19.5 Å². The molecule has 2 rings (SSSR count). The van der Waals surface area contributed by atoms with E-state index in [1.807, 2.05) is 0 Å². The molecular formula is C16H25N3O3. The van der Waals surface area contributed by atoms with Crippen molar-refractivity contribution in [2.45, 2.75) is 39.3 Å². The van der Waals surface area contributed by atoms with E-state index in [0.29, 0.717) is 18.5 Å². The third kappa shape index (κ3) is 4.34. The first-order valence-electron chi connectivity index (χ1n) is 7.83. The van der Waals surface area contributed by atoms with E-state index in [4.69, 9.17) is 4.42 Å². The smallest absolute Gasteiger partial charge is 0.287 e. The summed E-state index contributed by atoms with van der Waals surface area (Å²) in [5.41, 5.74) is 0. The van der Waals surface area contributed by atoms with Crippen LogP contribution in [0, 0.1) is 5.92 Å². The van der Waals surface area contributed by atoms with Gasteiger partial charge >= 0.3 is 0 Å². The highest BCUT2D eigenvalue weighted by Gasteiger charge is 2.25. The monoisotopic (exact) mass is 307 g/mol. The maximum atomic E-state index is 12.1. The zero-order chi connectivity index (χ0) is 16.1. The molecule has 1 fully saturated rings. The van der Waals surface area contributed by atoms with Crippen LogP contribution >= 0.6 is 0 Å². The van der Waals surface area contributed by atoms with Gasteiger partial charge < -0.3 is 20.0 Å². The average Bonchev–Trinajstić information content (AvgIpc) is 3.15. The molecule has 0 aromatic carbocycles. The van der Waals surface area contributed by atoms with Crippen LogP contribution in [0.2, 0.25) is 0 Å². The Labute approximate surface area is 131 Å². The summed E-state index contributed by atoms with van der Waals surface area (Å²) in [5, 5.41) is 5.55. The summed E-state index contributed by atoms with van der Waals surface area (Å²) in [7, 11) is 0. The third-order valence-corrected chi connectivity index (χ3v) is 4.10. The van der Waals surface area contributed by atoms with E-state index in [1.165, 1.54) is 6.26 Å². The fourth-order valence-corrected chi connectivity index (χ4v) is 2.64. The van der Waals surface area contributed by atoms with E-state index >= 15 is 0 Å². The number of carbonyl (C=O) groups excluding carboxylic acids is 2. The van der Waals surface area contributed by atoms with Gasteiger partial charge in [0.15, 0.2) is 5.76 Å². The van der Waals surface area contributed by atoms with E-state index in [9.17, 15) is 9.59 Å². The van der Waals surface area contributed by atoms with Crippen molar-refractivity contribution in [3.8, 4) is 0 Å². The summed E-state index contributed by atoms with van der Waals surface area (Å²) in [5.74, 6) is 0.157.